The average molecular weight is 219 g/mol. The van der Waals surface area contributed by atoms with Crippen molar-refractivity contribution in [2.45, 2.75) is 37.8 Å². The van der Waals surface area contributed by atoms with Crippen molar-refractivity contribution >= 4 is 5.95 Å². The molecule has 1 aromatic heterocycles. The summed E-state index contributed by atoms with van der Waals surface area (Å²) in [6, 6.07) is 2.35. The van der Waals surface area contributed by atoms with Crippen LogP contribution < -0.4 is 4.90 Å². The SMILES string of the molecule is c1cnc(N2CCO[C@H]3CCCC[C@@H]32)nc1. The number of aromatic nitrogens is 2. The summed E-state index contributed by atoms with van der Waals surface area (Å²) in [7, 11) is 0. The molecule has 0 radical (unpaired) electrons. The maximum atomic E-state index is 5.84. The Bertz CT molecular complexity index is 341. The second-order valence-corrected chi connectivity index (χ2v) is 4.50. The summed E-state index contributed by atoms with van der Waals surface area (Å²) in [5, 5.41) is 0. The topological polar surface area (TPSA) is 38.2 Å². The summed E-state index contributed by atoms with van der Waals surface area (Å²) in [5.41, 5.74) is 0. The number of nitrogens with zero attached hydrogens (tertiary/aromatic N) is 3. The van der Waals surface area contributed by atoms with Crippen LogP contribution in [0.4, 0.5) is 5.95 Å². The highest BCUT2D eigenvalue weighted by Gasteiger charge is 2.35. The van der Waals surface area contributed by atoms with E-state index in [-0.39, 0.29) is 0 Å². The lowest BCUT2D eigenvalue weighted by atomic mass is 9.90. The molecule has 0 N–H and O–H groups in total. The molecule has 0 spiro atoms. The summed E-state index contributed by atoms with van der Waals surface area (Å²) >= 11 is 0. The smallest absolute Gasteiger partial charge is 0.225 e. The van der Waals surface area contributed by atoms with E-state index in [9.17, 15) is 0 Å². The lowest BCUT2D eigenvalue weighted by Crippen LogP contribution is -2.53. The van der Waals surface area contributed by atoms with Gasteiger partial charge in [-0.25, -0.2) is 9.97 Å². The van der Waals surface area contributed by atoms with Crippen molar-refractivity contribution in [3.05, 3.63) is 18.5 Å². The molecule has 1 aliphatic heterocycles. The summed E-state index contributed by atoms with van der Waals surface area (Å²) in [6.07, 6.45) is 9.02. The molecule has 86 valence electrons. The molecular weight excluding hydrogens is 202 g/mol. The highest BCUT2D eigenvalue weighted by Crippen LogP contribution is 2.30. The van der Waals surface area contributed by atoms with Crippen molar-refractivity contribution in [3.63, 3.8) is 0 Å². The molecule has 2 heterocycles. The van der Waals surface area contributed by atoms with E-state index in [1.807, 2.05) is 18.5 Å². The first-order valence-electron chi connectivity index (χ1n) is 6.10. The van der Waals surface area contributed by atoms with Gasteiger partial charge in [0.2, 0.25) is 5.95 Å². The van der Waals surface area contributed by atoms with Gasteiger partial charge in [-0.05, 0) is 18.9 Å². The first kappa shape index (κ1) is 10.0. The van der Waals surface area contributed by atoms with E-state index in [0.29, 0.717) is 12.1 Å². The molecule has 2 aliphatic rings. The Kier molecular flexibility index (Phi) is 2.74. The number of ether oxygens (including phenoxy) is 1. The van der Waals surface area contributed by atoms with Crippen LogP contribution in [0.15, 0.2) is 18.5 Å². The maximum Gasteiger partial charge on any atom is 0.225 e. The Morgan fingerprint density at radius 3 is 2.88 bits per heavy atom. The monoisotopic (exact) mass is 219 g/mol. The van der Waals surface area contributed by atoms with Gasteiger partial charge < -0.3 is 9.64 Å². The zero-order valence-corrected chi connectivity index (χ0v) is 9.38. The standard InChI is InChI=1S/C12H17N3O/c1-2-5-11-10(4-1)15(8-9-16-11)12-13-6-3-7-14-12/h3,6-7,10-11H,1-2,4-5,8-9H2/t10-,11-/m0/s1. The summed E-state index contributed by atoms with van der Waals surface area (Å²) in [5.74, 6) is 0.864. The molecular formula is C12H17N3O. The Labute approximate surface area is 95.7 Å². The van der Waals surface area contributed by atoms with Gasteiger partial charge in [0.15, 0.2) is 0 Å². The Morgan fingerprint density at radius 2 is 2.00 bits per heavy atom. The van der Waals surface area contributed by atoms with Crippen molar-refractivity contribution in [3.8, 4) is 0 Å². The second kappa shape index (κ2) is 4.37. The largest absolute Gasteiger partial charge is 0.374 e. The third-order valence-electron chi connectivity index (χ3n) is 3.54. The van der Waals surface area contributed by atoms with Gasteiger partial charge >= 0.3 is 0 Å². The number of hydrogen-bond acceptors (Lipinski definition) is 4. The summed E-state index contributed by atoms with van der Waals surface area (Å²) < 4.78 is 5.84. The van der Waals surface area contributed by atoms with Crippen LogP contribution in [0.1, 0.15) is 25.7 Å². The average Bonchev–Trinajstić information content (AvgIpc) is 2.39. The molecule has 0 bridgehead atoms. The summed E-state index contributed by atoms with van der Waals surface area (Å²) in [6.45, 7) is 1.73. The molecule has 4 nitrogen and oxygen atoms in total. The molecule has 2 fully saturated rings. The van der Waals surface area contributed by atoms with Gasteiger partial charge in [0, 0.05) is 18.9 Å². The lowest BCUT2D eigenvalue weighted by molar-refractivity contribution is -0.00932. The van der Waals surface area contributed by atoms with Crippen molar-refractivity contribution in [2.24, 2.45) is 0 Å². The van der Waals surface area contributed by atoms with E-state index in [4.69, 9.17) is 4.74 Å². The molecule has 0 aromatic carbocycles. The van der Waals surface area contributed by atoms with Crippen LogP contribution in [-0.4, -0.2) is 35.3 Å². The van der Waals surface area contributed by atoms with Gasteiger partial charge in [-0.2, -0.15) is 0 Å². The molecule has 0 amide bonds. The first-order valence-corrected chi connectivity index (χ1v) is 6.10. The van der Waals surface area contributed by atoms with E-state index in [2.05, 4.69) is 14.9 Å². The Hall–Kier alpha value is -1.16. The molecule has 16 heavy (non-hydrogen) atoms. The molecule has 3 rings (SSSR count). The lowest BCUT2D eigenvalue weighted by Gasteiger charge is -2.43. The fourth-order valence-corrected chi connectivity index (χ4v) is 2.78. The van der Waals surface area contributed by atoms with Crippen molar-refractivity contribution in [1.29, 1.82) is 0 Å². The minimum absolute atomic E-state index is 0.395. The Morgan fingerprint density at radius 1 is 1.19 bits per heavy atom. The molecule has 0 unspecified atom stereocenters. The van der Waals surface area contributed by atoms with Crippen LogP contribution in [0.3, 0.4) is 0 Å². The predicted octanol–water partition coefficient (Wildman–Crippen LogP) is 1.62. The van der Waals surface area contributed by atoms with Crippen LogP contribution in [0.5, 0.6) is 0 Å². The summed E-state index contributed by atoms with van der Waals surface area (Å²) in [4.78, 5) is 11.0. The van der Waals surface area contributed by atoms with E-state index >= 15 is 0 Å². The normalized spacial score (nSPS) is 29.9. The van der Waals surface area contributed by atoms with Crippen molar-refractivity contribution in [2.75, 3.05) is 18.1 Å². The minimum Gasteiger partial charge on any atom is -0.374 e. The fraction of sp³-hybridized carbons (Fsp3) is 0.667. The number of rotatable bonds is 1. The number of morpholine rings is 1. The molecule has 4 heteroatoms. The third kappa shape index (κ3) is 1.78. The van der Waals surface area contributed by atoms with E-state index in [1.165, 1.54) is 25.7 Å². The van der Waals surface area contributed by atoms with Crippen LogP contribution >= 0.6 is 0 Å². The van der Waals surface area contributed by atoms with Gasteiger partial charge in [0.1, 0.15) is 0 Å². The highest BCUT2D eigenvalue weighted by atomic mass is 16.5. The van der Waals surface area contributed by atoms with Crippen LogP contribution in [0, 0.1) is 0 Å². The number of fused-ring (bicyclic) bond motifs is 1. The van der Waals surface area contributed by atoms with Crippen molar-refractivity contribution in [1.82, 2.24) is 9.97 Å². The number of hydrogen-bond donors (Lipinski definition) is 0. The van der Waals surface area contributed by atoms with Crippen molar-refractivity contribution < 1.29 is 4.74 Å². The van der Waals surface area contributed by atoms with Gasteiger partial charge in [-0.3, -0.25) is 0 Å². The van der Waals surface area contributed by atoms with E-state index in [0.717, 1.165) is 19.1 Å². The number of anilines is 1. The highest BCUT2D eigenvalue weighted by molar-refractivity contribution is 5.32. The van der Waals surface area contributed by atoms with Gasteiger partial charge in [-0.1, -0.05) is 12.8 Å². The molecule has 1 aliphatic carbocycles. The maximum absolute atomic E-state index is 5.84. The fourth-order valence-electron chi connectivity index (χ4n) is 2.78. The van der Waals surface area contributed by atoms with E-state index < -0.39 is 0 Å². The minimum atomic E-state index is 0.395. The second-order valence-electron chi connectivity index (χ2n) is 4.50. The molecule has 1 saturated carbocycles. The van der Waals surface area contributed by atoms with Crippen LogP contribution in [0.2, 0.25) is 0 Å². The predicted molar refractivity (Wildman–Crippen MR) is 61.4 cm³/mol. The van der Waals surface area contributed by atoms with E-state index in [1.54, 1.807) is 0 Å². The zero-order valence-electron chi connectivity index (χ0n) is 9.38. The first-order chi connectivity index (χ1) is 7.95. The molecule has 2 atom stereocenters. The van der Waals surface area contributed by atoms with Gasteiger partial charge in [0.25, 0.3) is 0 Å². The zero-order chi connectivity index (χ0) is 10.8. The molecule has 1 aromatic rings. The van der Waals surface area contributed by atoms with Gasteiger partial charge in [0.05, 0.1) is 18.8 Å². The third-order valence-corrected chi connectivity index (χ3v) is 3.54. The van der Waals surface area contributed by atoms with Crippen LogP contribution in [-0.2, 0) is 4.74 Å². The molecule has 1 saturated heterocycles. The van der Waals surface area contributed by atoms with Crippen LogP contribution in [0.25, 0.3) is 0 Å². The van der Waals surface area contributed by atoms with Gasteiger partial charge in [-0.15, -0.1) is 0 Å². The Balaban J connectivity index is 1.83. The quantitative estimate of drug-likeness (QED) is 0.719.